The first-order valence-electron chi connectivity index (χ1n) is 8.47. The Kier molecular flexibility index (Phi) is 5.53. The Bertz CT molecular complexity index is 830. The van der Waals surface area contributed by atoms with Crippen LogP contribution in [0.5, 0.6) is 5.75 Å². The third kappa shape index (κ3) is 4.50. The van der Waals surface area contributed by atoms with Crippen LogP contribution in [0.4, 0.5) is 18.0 Å². The fourth-order valence-electron chi connectivity index (χ4n) is 2.83. The minimum atomic E-state index is -3.12. The Balaban J connectivity index is 1.79. The summed E-state index contributed by atoms with van der Waals surface area (Å²) in [6.45, 7) is 1.65. The van der Waals surface area contributed by atoms with Crippen molar-refractivity contribution in [3.63, 3.8) is 0 Å². The van der Waals surface area contributed by atoms with E-state index in [1.807, 2.05) is 13.8 Å². The number of benzene rings is 1. The number of hydrogen-bond donors (Lipinski definition) is 0. The van der Waals surface area contributed by atoms with Crippen LogP contribution in [-0.2, 0) is 11.3 Å². The number of alkyl halides is 2. The quantitative estimate of drug-likeness (QED) is 0.742. The Morgan fingerprint density at radius 2 is 2.04 bits per heavy atom. The highest BCUT2D eigenvalue weighted by Gasteiger charge is 2.33. The first kappa shape index (κ1) is 19.0. The molecular formula is C19H19F3N2O3. The number of rotatable bonds is 6. The van der Waals surface area contributed by atoms with Crippen molar-refractivity contribution in [2.45, 2.75) is 33.1 Å². The van der Waals surface area contributed by atoms with Gasteiger partial charge in [0.2, 0.25) is 0 Å². The second-order valence-electron chi connectivity index (χ2n) is 6.65. The van der Waals surface area contributed by atoms with E-state index in [0.717, 1.165) is 11.6 Å². The zero-order valence-electron chi connectivity index (χ0n) is 14.9. The molecule has 0 unspecified atom stereocenters. The van der Waals surface area contributed by atoms with Crippen molar-refractivity contribution >= 4 is 6.09 Å². The maximum Gasteiger partial charge on any atom is 0.410 e. The third-order valence-corrected chi connectivity index (χ3v) is 4.30. The molecule has 1 aromatic carbocycles. The number of carbonyl (C=O) groups is 1. The maximum absolute atomic E-state index is 13.6. The fraction of sp³-hybridized carbons (Fsp3) is 0.368. The van der Waals surface area contributed by atoms with Gasteiger partial charge in [-0.05, 0) is 35.2 Å². The minimum absolute atomic E-state index is 0.153. The summed E-state index contributed by atoms with van der Waals surface area (Å²) >= 11 is 0. The van der Waals surface area contributed by atoms with Gasteiger partial charge in [-0.2, -0.15) is 8.78 Å². The van der Waals surface area contributed by atoms with E-state index < -0.39 is 18.2 Å². The van der Waals surface area contributed by atoms with Gasteiger partial charge in [0.25, 0.3) is 0 Å². The standard InChI is InChI=1S/C19H19F3N2O3/c1-11(2)17-10-24(19(25)27-17)9-12-5-14(8-23-7-12)13-3-4-15(20)16(6-13)26-18(21)22/h3-8,11,17-18H,9-10H2,1-2H3/t17-/m1/s1. The number of nitrogens with zero attached hydrogens (tertiary/aromatic N) is 2. The predicted molar refractivity (Wildman–Crippen MR) is 91.8 cm³/mol. The number of cyclic esters (lactones) is 1. The molecule has 0 spiro atoms. The molecule has 27 heavy (non-hydrogen) atoms. The highest BCUT2D eigenvalue weighted by atomic mass is 19.3. The number of aromatic nitrogens is 1. The number of ether oxygens (including phenoxy) is 2. The van der Waals surface area contributed by atoms with E-state index in [0.29, 0.717) is 24.2 Å². The molecule has 1 amide bonds. The normalized spacial score (nSPS) is 16.9. The molecule has 1 aliphatic rings. The lowest BCUT2D eigenvalue weighted by Gasteiger charge is -2.14. The molecule has 0 bridgehead atoms. The number of halogens is 3. The van der Waals surface area contributed by atoms with Gasteiger partial charge in [-0.1, -0.05) is 19.9 Å². The van der Waals surface area contributed by atoms with E-state index in [-0.39, 0.29) is 18.1 Å². The van der Waals surface area contributed by atoms with Crippen LogP contribution in [0.3, 0.4) is 0 Å². The Morgan fingerprint density at radius 1 is 1.26 bits per heavy atom. The summed E-state index contributed by atoms with van der Waals surface area (Å²) in [5.41, 5.74) is 1.82. The lowest BCUT2D eigenvalue weighted by Crippen LogP contribution is -2.26. The van der Waals surface area contributed by atoms with Crippen LogP contribution in [0.15, 0.2) is 36.7 Å². The molecule has 2 heterocycles. The molecule has 0 aliphatic carbocycles. The van der Waals surface area contributed by atoms with E-state index in [4.69, 9.17) is 4.74 Å². The van der Waals surface area contributed by atoms with Gasteiger partial charge in [0, 0.05) is 18.0 Å². The minimum Gasteiger partial charge on any atom is -0.444 e. The van der Waals surface area contributed by atoms with Crippen molar-refractivity contribution in [3.05, 3.63) is 48.0 Å². The number of hydrogen-bond acceptors (Lipinski definition) is 4. The second-order valence-corrected chi connectivity index (χ2v) is 6.65. The zero-order chi connectivity index (χ0) is 19.6. The predicted octanol–water partition coefficient (Wildman–Crippen LogP) is 4.47. The van der Waals surface area contributed by atoms with E-state index in [1.54, 1.807) is 17.2 Å². The average molecular weight is 380 g/mol. The number of amides is 1. The molecule has 8 heteroatoms. The zero-order valence-corrected chi connectivity index (χ0v) is 14.9. The molecular weight excluding hydrogens is 361 g/mol. The smallest absolute Gasteiger partial charge is 0.410 e. The maximum atomic E-state index is 13.6. The lowest BCUT2D eigenvalue weighted by atomic mass is 10.0. The average Bonchev–Trinajstić information content (AvgIpc) is 2.98. The Labute approximate surface area is 154 Å². The molecule has 2 aromatic rings. The van der Waals surface area contributed by atoms with Crippen molar-refractivity contribution < 1.29 is 27.4 Å². The Morgan fingerprint density at radius 3 is 2.70 bits per heavy atom. The fourth-order valence-corrected chi connectivity index (χ4v) is 2.83. The summed E-state index contributed by atoms with van der Waals surface area (Å²) in [4.78, 5) is 17.7. The van der Waals surface area contributed by atoms with Crippen LogP contribution in [0.25, 0.3) is 11.1 Å². The van der Waals surface area contributed by atoms with Gasteiger partial charge in [0.1, 0.15) is 6.10 Å². The highest BCUT2D eigenvalue weighted by Crippen LogP contribution is 2.28. The molecule has 0 radical (unpaired) electrons. The lowest BCUT2D eigenvalue weighted by molar-refractivity contribution is -0.0521. The second kappa shape index (κ2) is 7.85. The molecule has 1 aromatic heterocycles. The van der Waals surface area contributed by atoms with Crippen LogP contribution < -0.4 is 4.74 Å². The summed E-state index contributed by atoms with van der Waals surface area (Å²) in [6, 6.07) is 5.47. The van der Waals surface area contributed by atoms with E-state index >= 15 is 0 Å². The van der Waals surface area contributed by atoms with Crippen LogP contribution in [0.1, 0.15) is 19.4 Å². The molecule has 1 saturated heterocycles. The van der Waals surface area contributed by atoms with Crippen LogP contribution >= 0.6 is 0 Å². The topological polar surface area (TPSA) is 51.7 Å². The first-order chi connectivity index (χ1) is 12.8. The van der Waals surface area contributed by atoms with Crippen molar-refractivity contribution in [3.8, 4) is 16.9 Å². The van der Waals surface area contributed by atoms with Gasteiger partial charge in [0.15, 0.2) is 11.6 Å². The summed E-state index contributed by atoms with van der Waals surface area (Å²) < 4.78 is 47.9. The van der Waals surface area contributed by atoms with Gasteiger partial charge >= 0.3 is 12.7 Å². The van der Waals surface area contributed by atoms with E-state index in [2.05, 4.69) is 9.72 Å². The molecule has 3 rings (SSSR count). The van der Waals surface area contributed by atoms with Gasteiger partial charge in [-0.15, -0.1) is 0 Å². The summed E-state index contributed by atoms with van der Waals surface area (Å²) in [5, 5.41) is 0. The van der Waals surface area contributed by atoms with Crippen molar-refractivity contribution in [1.29, 1.82) is 0 Å². The molecule has 1 atom stereocenters. The van der Waals surface area contributed by atoms with Crippen LogP contribution in [0, 0.1) is 11.7 Å². The Hall–Kier alpha value is -2.77. The van der Waals surface area contributed by atoms with Crippen LogP contribution in [0.2, 0.25) is 0 Å². The van der Waals surface area contributed by atoms with E-state index in [1.165, 1.54) is 18.3 Å². The summed E-state index contributed by atoms with van der Waals surface area (Å²) in [6.07, 6.45) is 2.61. The van der Waals surface area contributed by atoms with Gasteiger partial charge in [0.05, 0.1) is 13.1 Å². The molecule has 1 aliphatic heterocycles. The van der Waals surface area contributed by atoms with Gasteiger partial charge in [-0.3, -0.25) is 4.98 Å². The molecule has 1 fully saturated rings. The van der Waals surface area contributed by atoms with E-state index in [9.17, 15) is 18.0 Å². The number of pyridine rings is 1. The third-order valence-electron chi connectivity index (χ3n) is 4.30. The summed E-state index contributed by atoms with van der Waals surface area (Å²) in [7, 11) is 0. The van der Waals surface area contributed by atoms with Gasteiger partial charge in [-0.25, -0.2) is 9.18 Å². The van der Waals surface area contributed by atoms with Gasteiger partial charge < -0.3 is 14.4 Å². The molecule has 144 valence electrons. The monoisotopic (exact) mass is 380 g/mol. The summed E-state index contributed by atoms with van der Waals surface area (Å²) in [5.74, 6) is -1.19. The van der Waals surface area contributed by atoms with Crippen LogP contribution in [-0.4, -0.2) is 35.2 Å². The SMILES string of the molecule is CC(C)[C@H]1CN(Cc2cncc(-c3ccc(F)c(OC(F)F)c3)c2)C(=O)O1. The van der Waals surface area contributed by atoms with Crippen molar-refractivity contribution in [1.82, 2.24) is 9.88 Å². The van der Waals surface area contributed by atoms with Crippen molar-refractivity contribution in [2.75, 3.05) is 6.54 Å². The highest BCUT2D eigenvalue weighted by molar-refractivity contribution is 5.70. The van der Waals surface area contributed by atoms with Crippen molar-refractivity contribution in [2.24, 2.45) is 5.92 Å². The number of carbonyl (C=O) groups excluding carboxylic acids is 1. The molecule has 0 N–H and O–H groups in total. The largest absolute Gasteiger partial charge is 0.444 e. The molecule has 5 nitrogen and oxygen atoms in total. The first-order valence-corrected chi connectivity index (χ1v) is 8.47. The molecule has 0 saturated carbocycles.